The van der Waals surface area contributed by atoms with Crippen LogP contribution in [0.1, 0.15) is 19.8 Å². The molecule has 12 heavy (non-hydrogen) atoms. The fraction of sp³-hybridized carbons (Fsp3) is 0.714. The maximum absolute atomic E-state index is 9.36. The van der Waals surface area contributed by atoms with E-state index >= 15 is 0 Å². The SMILES string of the molecule is CCC[CH-]N=C=O.CO.CO.[Ti]. The van der Waals surface area contributed by atoms with Gasteiger partial charge in [-0.25, -0.2) is 0 Å². The monoisotopic (exact) mass is 210 g/mol. The average molecular weight is 210 g/mol. The third-order valence-corrected chi connectivity index (χ3v) is 0.562. The number of unbranched alkanes of at least 4 members (excludes halogenated alkanes) is 1. The molecule has 0 saturated carbocycles. The van der Waals surface area contributed by atoms with Crippen molar-refractivity contribution >= 4 is 6.08 Å². The standard InChI is InChI=1S/C5H8NO.2CH4O.Ti/c1-2-3-4-6-5-7;2*1-2;/h4H,2-3H2,1H3;2*2H,1H3;/q-1;;;. The molecule has 0 aromatic carbocycles. The second-order valence-corrected chi connectivity index (χ2v) is 1.19. The van der Waals surface area contributed by atoms with Crippen molar-refractivity contribution in [3.8, 4) is 0 Å². The van der Waals surface area contributed by atoms with Crippen molar-refractivity contribution in [3.05, 3.63) is 6.54 Å². The van der Waals surface area contributed by atoms with Crippen LogP contribution >= 0.6 is 0 Å². The van der Waals surface area contributed by atoms with E-state index in [-0.39, 0.29) is 21.7 Å². The molecule has 0 aromatic rings. The minimum atomic E-state index is 0. The molecule has 0 radical (unpaired) electrons. The first kappa shape index (κ1) is 22.6. The molecule has 0 bridgehead atoms. The Morgan fingerprint density at radius 3 is 2.00 bits per heavy atom. The van der Waals surface area contributed by atoms with E-state index in [1.165, 1.54) is 6.08 Å². The van der Waals surface area contributed by atoms with Gasteiger partial charge in [-0.15, -0.1) is 6.54 Å². The largest absolute Gasteiger partial charge is 0.400 e. The zero-order valence-electron chi connectivity index (χ0n) is 7.74. The third-order valence-electron chi connectivity index (χ3n) is 0.562. The van der Waals surface area contributed by atoms with Gasteiger partial charge in [-0.3, -0.25) is 0 Å². The summed E-state index contributed by atoms with van der Waals surface area (Å²) in [5, 5.41) is 14.0. The van der Waals surface area contributed by atoms with E-state index in [1.54, 1.807) is 6.54 Å². The predicted molar refractivity (Wildman–Crippen MR) is 43.6 cm³/mol. The van der Waals surface area contributed by atoms with Crippen LogP contribution in [0.25, 0.3) is 0 Å². The van der Waals surface area contributed by atoms with Gasteiger partial charge < -0.3 is 20.0 Å². The first-order chi connectivity index (χ1) is 5.41. The molecule has 0 saturated heterocycles. The second-order valence-electron chi connectivity index (χ2n) is 1.19. The molecule has 0 aromatic heterocycles. The first-order valence-electron chi connectivity index (χ1n) is 3.20. The van der Waals surface area contributed by atoms with Crippen molar-refractivity contribution < 1.29 is 36.7 Å². The van der Waals surface area contributed by atoms with Gasteiger partial charge in [0.15, 0.2) is 0 Å². The van der Waals surface area contributed by atoms with Crippen molar-refractivity contribution in [1.29, 1.82) is 0 Å². The minimum absolute atomic E-state index is 0. The van der Waals surface area contributed by atoms with E-state index in [9.17, 15) is 4.79 Å². The third kappa shape index (κ3) is 51.7. The molecule has 0 aliphatic heterocycles. The normalized spacial score (nSPS) is 5.08. The number of aliphatic hydroxyl groups excluding tert-OH is 2. The van der Waals surface area contributed by atoms with Crippen molar-refractivity contribution in [2.45, 2.75) is 19.8 Å². The van der Waals surface area contributed by atoms with E-state index in [0.29, 0.717) is 0 Å². The van der Waals surface area contributed by atoms with E-state index in [4.69, 9.17) is 10.2 Å². The maximum Gasteiger partial charge on any atom is 0.0319 e. The summed E-state index contributed by atoms with van der Waals surface area (Å²) >= 11 is 0. The van der Waals surface area contributed by atoms with Gasteiger partial charge >= 0.3 is 0 Å². The number of isocyanates is 1. The summed E-state index contributed by atoms with van der Waals surface area (Å²) < 4.78 is 0. The molecular formula is C7H16NO3Ti-. The van der Waals surface area contributed by atoms with E-state index in [1.807, 2.05) is 6.92 Å². The Hall–Kier alpha value is -0.116. The van der Waals surface area contributed by atoms with Gasteiger partial charge in [0.1, 0.15) is 0 Å². The number of rotatable bonds is 3. The molecule has 0 unspecified atom stereocenters. The topological polar surface area (TPSA) is 69.9 Å². The van der Waals surface area contributed by atoms with Crippen LogP contribution < -0.4 is 0 Å². The Morgan fingerprint density at radius 2 is 1.75 bits per heavy atom. The number of carbonyl (C=O) groups excluding carboxylic acids is 1. The summed E-state index contributed by atoms with van der Waals surface area (Å²) in [7, 11) is 2.00. The molecule has 2 N–H and O–H groups in total. The number of aliphatic imine (C=N–C) groups is 1. The van der Waals surface area contributed by atoms with Crippen molar-refractivity contribution in [2.75, 3.05) is 14.2 Å². The van der Waals surface area contributed by atoms with Gasteiger partial charge in [0, 0.05) is 35.9 Å². The number of hydrogen-bond acceptors (Lipinski definition) is 4. The molecule has 0 heterocycles. The van der Waals surface area contributed by atoms with Gasteiger partial charge in [0.05, 0.1) is 0 Å². The average Bonchev–Trinajstić information content (AvgIpc) is 2.13. The summed E-state index contributed by atoms with van der Waals surface area (Å²) in [6.45, 7) is 3.59. The van der Waals surface area contributed by atoms with Crippen LogP contribution in [0.5, 0.6) is 0 Å². The summed E-state index contributed by atoms with van der Waals surface area (Å²) in [6.07, 6.45) is 3.33. The Bertz CT molecular complexity index is 84.7. The van der Waals surface area contributed by atoms with Crippen LogP contribution in [-0.2, 0) is 26.5 Å². The molecule has 0 amide bonds. The van der Waals surface area contributed by atoms with Gasteiger partial charge in [0.25, 0.3) is 0 Å². The molecule has 0 spiro atoms. The molecule has 0 rings (SSSR count). The fourth-order valence-electron chi connectivity index (χ4n) is 0.231. The summed E-state index contributed by atoms with van der Waals surface area (Å²) in [5.74, 6) is 0. The molecule has 5 heteroatoms. The van der Waals surface area contributed by atoms with Gasteiger partial charge in [-0.2, -0.15) is 0 Å². The van der Waals surface area contributed by atoms with Crippen molar-refractivity contribution in [3.63, 3.8) is 0 Å². The molecule has 0 aliphatic rings. The fourth-order valence-corrected chi connectivity index (χ4v) is 0.231. The Labute approximate surface area is 88.6 Å². The van der Waals surface area contributed by atoms with Gasteiger partial charge in [-0.1, -0.05) is 19.8 Å². The number of nitrogens with zero attached hydrogens (tertiary/aromatic N) is 1. The quantitative estimate of drug-likeness (QED) is 0.234. The molecule has 0 fully saturated rings. The first-order valence-corrected chi connectivity index (χ1v) is 3.20. The van der Waals surface area contributed by atoms with Crippen LogP contribution in [0, 0.1) is 6.54 Å². The molecule has 0 aliphatic carbocycles. The zero-order valence-corrected chi connectivity index (χ0v) is 9.30. The van der Waals surface area contributed by atoms with Crippen molar-refractivity contribution in [2.24, 2.45) is 4.99 Å². The van der Waals surface area contributed by atoms with Crippen LogP contribution in [0.4, 0.5) is 0 Å². The Balaban J connectivity index is -0.0000000560. The predicted octanol–water partition coefficient (Wildman–Crippen LogP) is 0.499. The molecule has 4 nitrogen and oxygen atoms in total. The molecular weight excluding hydrogens is 194 g/mol. The summed E-state index contributed by atoms with van der Waals surface area (Å²) in [6, 6.07) is 0. The minimum Gasteiger partial charge on any atom is -0.400 e. The second kappa shape index (κ2) is 44.6. The summed E-state index contributed by atoms with van der Waals surface area (Å²) in [5.41, 5.74) is 0. The molecule has 72 valence electrons. The molecule has 0 atom stereocenters. The van der Waals surface area contributed by atoms with Crippen LogP contribution in [0.15, 0.2) is 4.99 Å². The van der Waals surface area contributed by atoms with Gasteiger partial charge in [-0.05, 0) is 6.08 Å². The maximum atomic E-state index is 9.36. The number of aliphatic hydroxyl groups is 2. The Morgan fingerprint density at radius 1 is 1.33 bits per heavy atom. The van der Waals surface area contributed by atoms with Gasteiger partial charge in [0.2, 0.25) is 0 Å². The smallest absolute Gasteiger partial charge is 0.0319 e. The van der Waals surface area contributed by atoms with Crippen LogP contribution in [0.3, 0.4) is 0 Å². The number of hydrogen-bond donors (Lipinski definition) is 2. The van der Waals surface area contributed by atoms with E-state index in [0.717, 1.165) is 27.1 Å². The van der Waals surface area contributed by atoms with Crippen molar-refractivity contribution in [1.82, 2.24) is 0 Å². The van der Waals surface area contributed by atoms with Crippen LogP contribution in [0.2, 0.25) is 0 Å². The Kier molecular flexibility index (Phi) is 84.1. The van der Waals surface area contributed by atoms with Crippen LogP contribution in [-0.4, -0.2) is 30.5 Å². The zero-order chi connectivity index (χ0) is 9.54. The summed E-state index contributed by atoms with van der Waals surface area (Å²) in [4.78, 5) is 12.6. The van der Waals surface area contributed by atoms with E-state index in [2.05, 4.69) is 4.99 Å². The van der Waals surface area contributed by atoms with E-state index < -0.39 is 0 Å².